The number of amides is 1. The third kappa shape index (κ3) is 3.45. The van der Waals surface area contributed by atoms with E-state index in [0.29, 0.717) is 6.54 Å². The van der Waals surface area contributed by atoms with Crippen molar-refractivity contribution < 1.29 is 4.79 Å². The monoisotopic (exact) mass is 312 g/mol. The molecule has 22 heavy (non-hydrogen) atoms. The van der Waals surface area contributed by atoms with E-state index in [1.165, 1.54) is 0 Å². The van der Waals surface area contributed by atoms with Crippen LogP contribution in [0.3, 0.4) is 0 Å². The summed E-state index contributed by atoms with van der Waals surface area (Å²) in [6, 6.07) is 10.2. The quantitative estimate of drug-likeness (QED) is 0.864. The molecule has 3 nitrogen and oxygen atoms in total. The van der Waals surface area contributed by atoms with Crippen molar-refractivity contribution in [2.75, 3.05) is 0 Å². The van der Waals surface area contributed by atoms with Gasteiger partial charge in [-0.15, -0.1) is 11.3 Å². The van der Waals surface area contributed by atoms with Crippen LogP contribution < -0.4 is 5.32 Å². The van der Waals surface area contributed by atoms with Gasteiger partial charge in [0.05, 0.1) is 12.2 Å². The van der Waals surface area contributed by atoms with Crippen LogP contribution in [0.25, 0.3) is 10.6 Å². The lowest BCUT2D eigenvalue weighted by molar-refractivity contribution is -0.125. The Morgan fingerprint density at radius 1 is 1.32 bits per heavy atom. The van der Waals surface area contributed by atoms with Gasteiger partial charge < -0.3 is 5.32 Å². The Hall–Kier alpha value is -1.94. The molecule has 1 aliphatic carbocycles. The summed E-state index contributed by atoms with van der Waals surface area (Å²) >= 11 is 1.66. The van der Waals surface area contributed by atoms with Crippen molar-refractivity contribution >= 4 is 17.2 Å². The van der Waals surface area contributed by atoms with E-state index in [9.17, 15) is 4.79 Å². The maximum Gasteiger partial charge on any atom is 0.223 e. The molecule has 0 saturated carbocycles. The minimum atomic E-state index is 0.131. The van der Waals surface area contributed by atoms with E-state index in [0.717, 1.165) is 40.4 Å². The summed E-state index contributed by atoms with van der Waals surface area (Å²) in [5, 5.41) is 4.09. The topological polar surface area (TPSA) is 42.0 Å². The summed E-state index contributed by atoms with van der Waals surface area (Å²) in [5.41, 5.74) is 2.14. The minimum absolute atomic E-state index is 0.131. The minimum Gasteiger partial charge on any atom is -0.351 e. The molecule has 0 unspecified atom stereocenters. The normalized spacial score (nSPS) is 17.4. The predicted octanol–water partition coefficient (Wildman–Crippen LogP) is 4.09. The van der Waals surface area contributed by atoms with Crippen molar-refractivity contribution in [1.82, 2.24) is 10.3 Å². The zero-order chi connectivity index (χ0) is 15.4. The van der Waals surface area contributed by atoms with Crippen molar-refractivity contribution in [1.29, 1.82) is 0 Å². The maximum absolute atomic E-state index is 12.2. The number of hydrogen-bond donors (Lipinski definition) is 1. The molecule has 114 valence electrons. The van der Waals surface area contributed by atoms with Crippen molar-refractivity contribution in [2.45, 2.75) is 32.7 Å². The smallest absolute Gasteiger partial charge is 0.223 e. The number of hydrogen-bond acceptors (Lipinski definition) is 3. The second kappa shape index (κ2) is 6.88. The lowest BCUT2D eigenvalue weighted by Crippen LogP contribution is -2.30. The van der Waals surface area contributed by atoms with Crippen LogP contribution in [0.15, 0.2) is 42.5 Å². The molecule has 0 bridgehead atoms. The highest BCUT2D eigenvalue weighted by Crippen LogP contribution is 2.27. The van der Waals surface area contributed by atoms with Gasteiger partial charge in [0.15, 0.2) is 0 Å². The van der Waals surface area contributed by atoms with E-state index in [2.05, 4.69) is 34.6 Å². The Morgan fingerprint density at radius 2 is 2.14 bits per heavy atom. The SMILES string of the molecule is Cc1nc(-c2ccccc2)sc1CNC(=O)[C@@H]1CC=CCC1. The van der Waals surface area contributed by atoms with E-state index >= 15 is 0 Å². The fourth-order valence-corrected chi connectivity index (χ4v) is 3.65. The molecule has 1 heterocycles. The van der Waals surface area contributed by atoms with Crippen LogP contribution in [0, 0.1) is 12.8 Å². The van der Waals surface area contributed by atoms with Crippen LogP contribution in [0.5, 0.6) is 0 Å². The standard InChI is InChI=1S/C18H20N2OS/c1-13-16(12-19-17(21)14-8-4-2-5-9-14)22-18(20-13)15-10-6-3-7-11-15/h2-4,6-7,10-11,14H,5,8-9,12H2,1H3,(H,19,21)/t14-/m1/s1. The maximum atomic E-state index is 12.2. The first-order valence-electron chi connectivity index (χ1n) is 7.68. The average molecular weight is 312 g/mol. The van der Waals surface area contributed by atoms with Crippen LogP contribution in [-0.4, -0.2) is 10.9 Å². The van der Waals surface area contributed by atoms with Gasteiger partial charge >= 0.3 is 0 Å². The van der Waals surface area contributed by atoms with E-state index in [1.807, 2.05) is 25.1 Å². The van der Waals surface area contributed by atoms with Gasteiger partial charge in [-0.05, 0) is 26.2 Å². The van der Waals surface area contributed by atoms with E-state index in [-0.39, 0.29) is 11.8 Å². The molecular formula is C18H20N2OS. The number of benzene rings is 1. The average Bonchev–Trinajstić information content (AvgIpc) is 2.95. The molecule has 4 heteroatoms. The lowest BCUT2D eigenvalue weighted by Gasteiger charge is -2.16. The number of carbonyl (C=O) groups excluding carboxylic acids is 1. The predicted molar refractivity (Wildman–Crippen MR) is 90.6 cm³/mol. The second-order valence-corrected chi connectivity index (χ2v) is 6.68. The number of nitrogens with zero attached hydrogens (tertiary/aromatic N) is 1. The first kappa shape index (κ1) is 15.0. The molecule has 1 N–H and O–H groups in total. The Kier molecular flexibility index (Phi) is 4.68. The third-order valence-corrected chi connectivity index (χ3v) is 5.18. The molecule has 2 aromatic rings. The largest absolute Gasteiger partial charge is 0.351 e. The molecule has 1 aromatic carbocycles. The molecule has 0 fully saturated rings. The highest BCUT2D eigenvalue weighted by atomic mass is 32.1. The molecule has 1 atom stereocenters. The van der Waals surface area contributed by atoms with E-state index in [4.69, 9.17) is 0 Å². The molecule has 1 amide bonds. The summed E-state index contributed by atoms with van der Waals surface area (Å²) in [6.45, 7) is 2.59. The van der Waals surface area contributed by atoms with Crippen LogP contribution >= 0.6 is 11.3 Å². The fraction of sp³-hybridized carbons (Fsp3) is 0.333. The van der Waals surface area contributed by atoms with Gasteiger partial charge in [-0.25, -0.2) is 4.98 Å². The zero-order valence-electron chi connectivity index (χ0n) is 12.7. The zero-order valence-corrected chi connectivity index (χ0v) is 13.5. The van der Waals surface area contributed by atoms with Crippen molar-refractivity contribution in [3.8, 4) is 10.6 Å². The summed E-state index contributed by atoms with van der Waals surface area (Å²) in [5.74, 6) is 0.297. The summed E-state index contributed by atoms with van der Waals surface area (Å²) in [6.07, 6.45) is 7.10. The number of allylic oxidation sites excluding steroid dienone is 2. The molecular weight excluding hydrogens is 292 g/mol. The first-order valence-corrected chi connectivity index (χ1v) is 8.50. The van der Waals surface area contributed by atoms with Crippen molar-refractivity contribution in [2.24, 2.45) is 5.92 Å². The van der Waals surface area contributed by atoms with Crippen LogP contribution in [-0.2, 0) is 11.3 Å². The van der Waals surface area contributed by atoms with Gasteiger partial charge in [-0.3, -0.25) is 4.79 Å². The van der Waals surface area contributed by atoms with E-state index in [1.54, 1.807) is 11.3 Å². The Labute approximate surface area is 135 Å². The van der Waals surface area contributed by atoms with Gasteiger partial charge in [-0.2, -0.15) is 0 Å². The second-order valence-electron chi connectivity index (χ2n) is 5.59. The molecule has 1 aromatic heterocycles. The molecule has 0 aliphatic heterocycles. The Balaban J connectivity index is 1.64. The summed E-state index contributed by atoms with van der Waals surface area (Å²) in [4.78, 5) is 18.0. The van der Waals surface area contributed by atoms with Crippen molar-refractivity contribution in [3.05, 3.63) is 53.1 Å². The van der Waals surface area contributed by atoms with Crippen molar-refractivity contribution in [3.63, 3.8) is 0 Å². The van der Waals surface area contributed by atoms with Crippen LogP contribution in [0.4, 0.5) is 0 Å². The molecule has 0 spiro atoms. The number of aromatic nitrogens is 1. The molecule has 3 rings (SSSR count). The van der Waals surface area contributed by atoms with Crippen LogP contribution in [0.2, 0.25) is 0 Å². The fourth-order valence-electron chi connectivity index (χ4n) is 2.64. The summed E-state index contributed by atoms with van der Waals surface area (Å²) in [7, 11) is 0. The van der Waals surface area contributed by atoms with E-state index < -0.39 is 0 Å². The van der Waals surface area contributed by atoms with Gasteiger partial charge in [0.25, 0.3) is 0 Å². The van der Waals surface area contributed by atoms with Gasteiger partial charge in [0.2, 0.25) is 5.91 Å². The molecule has 0 radical (unpaired) electrons. The molecule has 1 aliphatic rings. The van der Waals surface area contributed by atoms with Crippen LogP contribution in [0.1, 0.15) is 29.8 Å². The van der Waals surface area contributed by atoms with Gasteiger partial charge in [-0.1, -0.05) is 42.5 Å². The first-order chi connectivity index (χ1) is 10.7. The Bertz CT molecular complexity index is 676. The molecule has 0 saturated heterocycles. The number of aryl methyl sites for hydroxylation is 1. The van der Waals surface area contributed by atoms with Gasteiger partial charge in [0, 0.05) is 16.4 Å². The number of carbonyl (C=O) groups is 1. The Morgan fingerprint density at radius 3 is 2.86 bits per heavy atom. The summed E-state index contributed by atoms with van der Waals surface area (Å²) < 4.78 is 0. The number of rotatable bonds is 4. The lowest BCUT2D eigenvalue weighted by atomic mass is 9.94. The number of nitrogens with one attached hydrogen (secondary N) is 1. The highest BCUT2D eigenvalue weighted by molar-refractivity contribution is 7.15. The van der Waals surface area contributed by atoms with Gasteiger partial charge in [0.1, 0.15) is 5.01 Å². The highest BCUT2D eigenvalue weighted by Gasteiger charge is 2.19. The third-order valence-electron chi connectivity index (χ3n) is 3.98. The number of thiazole rings is 1.